The van der Waals surface area contributed by atoms with Crippen molar-refractivity contribution in [2.75, 3.05) is 0 Å². The van der Waals surface area contributed by atoms with Crippen LogP contribution >= 0.6 is 7.14 Å². The Hall–Kier alpha value is -3.15. The van der Waals surface area contributed by atoms with Crippen LogP contribution in [0.25, 0.3) is 21.5 Å². The Labute approximate surface area is 209 Å². The molecule has 0 heterocycles. The summed E-state index contributed by atoms with van der Waals surface area (Å²) in [5.74, 6) is 0. The molecule has 0 fully saturated rings. The van der Waals surface area contributed by atoms with Crippen molar-refractivity contribution in [3.05, 3.63) is 125 Å². The average Bonchev–Trinajstić information content (AvgIpc) is 2.88. The lowest BCUT2D eigenvalue weighted by Crippen LogP contribution is -2.11. The van der Waals surface area contributed by atoms with Gasteiger partial charge in [0.05, 0.1) is 0 Å². The zero-order valence-corrected chi connectivity index (χ0v) is 21.8. The lowest BCUT2D eigenvalue weighted by atomic mass is 10.0. The fraction of sp³-hybridized carbons (Fsp3) is 0.212. The van der Waals surface area contributed by atoms with Gasteiger partial charge in [0, 0.05) is 17.6 Å². The molecule has 0 spiro atoms. The first-order valence-corrected chi connectivity index (χ1v) is 14.7. The molecule has 1 nitrogen and oxygen atoms in total. The normalized spacial score (nSPS) is 11.9. The largest absolute Gasteiger partial charge is 0.318 e. The number of rotatable bonds is 7. The Morgan fingerprint density at radius 1 is 0.600 bits per heavy atom. The molecule has 0 amide bonds. The summed E-state index contributed by atoms with van der Waals surface area (Å²) in [4.78, 5) is 0. The van der Waals surface area contributed by atoms with Crippen LogP contribution in [0.3, 0.4) is 0 Å². The lowest BCUT2D eigenvalue weighted by Gasteiger charge is -2.23. The van der Waals surface area contributed by atoms with Crippen LogP contribution in [0.5, 0.6) is 0 Å². The fourth-order valence-corrected chi connectivity index (χ4v) is 8.31. The summed E-state index contributed by atoms with van der Waals surface area (Å²) in [5.41, 5.74) is 6.15. The van der Waals surface area contributed by atoms with Gasteiger partial charge in [0.2, 0.25) is 0 Å². The van der Waals surface area contributed by atoms with Crippen molar-refractivity contribution in [3.63, 3.8) is 0 Å². The summed E-state index contributed by atoms with van der Waals surface area (Å²) in [6.07, 6.45) is 3.29. The molecule has 5 aromatic rings. The van der Waals surface area contributed by atoms with Crippen LogP contribution < -0.4 is 5.30 Å². The topological polar surface area (TPSA) is 17.1 Å². The van der Waals surface area contributed by atoms with E-state index in [0.29, 0.717) is 12.3 Å². The number of hydrogen-bond acceptors (Lipinski definition) is 1. The molecule has 5 rings (SSSR count). The van der Waals surface area contributed by atoms with Gasteiger partial charge in [0.15, 0.2) is 0 Å². The highest BCUT2D eigenvalue weighted by atomic mass is 31.2. The van der Waals surface area contributed by atoms with E-state index in [1.165, 1.54) is 49.4 Å². The zero-order valence-electron chi connectivity index (χ0n) is 20.9. The molecule has 0 aliphatic heterocycles. The Balaban J connectivity index is 1.67. The summed E-state index contributed by atoms with van der Waals surface area (Å²) in [6, 6.07) is 34.3. The van der Waals surface area contributed by atoms with Gasteiger partial charge in [-0.25, -0.2) is 0 Å². The summed E-state index contributed by atoms with van der Waals surface area (Å²) in [7, 11) is -2.82. The average molecular weight is 477 g/mol. The molecule has 35 heavy (non-hydrogen) atoms. The Kier molecular flexibility index (Phi) is 6.63. The SMILES string of the molecule is CCCc1ccc(P(=O)(Cc2c(C)ccc3ccccc23)Cc2c(C)ccc3ccccc23)cc1. The van der Waals surface area contributed by atoms with Gasteiger partial charge in [0.1, 0.15) is 7.14 Å². The first-order valence-electron chi connectivity index (χ1n) is 12.6. The van der Waals surface area contributed by atoms with Crippen LogP contribution in [-0.2, 0) is 23.3 Å². The molecular weight excluding hydrogens is 443 g/mol. The molecule has 0 N–H and O–H groups in total. The minimum atomic E-state index is -2.82. The zero-order chi connectivity index (χ0) is 24.4. The molecule has 0 saturated carbocycles. The van der Waals surface area contributed by atoms with Crippen LogP contribution in [0.4, 0.5) is 0 Å². The molecule has 0 radical (unpaired) electrons. The van der Waals surface area contributed by atoms with Crippen molar-refractivity contribution < 1.29 is 4.57 Å². The van der Waals surface area contributed by atoms with E-state index in [9.17, 15) is 0 Å². The van der Waals surface area contributed by atoms with Gasteiger partial charge in [-0.15, -0.1) is 0 Å². The summed E-state index contributed by atoms with van der Waals surface area (Å²) < 4.78 is 15.2. The van der Waals surface area contributed by atoms with Gasteiger partial charge < -0.3 is 4.57 Å². The summed E-state index contributed by atoms with van der Waals surface area (Å²) >= 11 is 0. The quantitative estimate of drug-likeness (QED) is 0.214. The standard InChI is InChI=1S/C33H33OP/c1-4-9-26-16-20-29(21-17-26)35(34,22-32-24(2)14-18-27-10-5-7-12-30(27)32)23-33-25(3)15-19-28-11-6-8-13-31(28)33/h5-8,10-21H,4,9,22-23H2,1-3H3. The highest BCUT2D eigenvalue weighted by Gasteiger charge is 2.29. The van der Waals surface area contributed by atoms with Crippen LogP contribution in [-0.4, -0.2) is 0 Å². The molecule has 0 aromatic heterocycles. The first-order chi connectivity index (χ1) is 17.0. The highest BCUT2D eigenvalue weighted by Crippen LogP contribution is 2.53. The van der Waals surface area contributed by atoms with E-state index >= 15 is 4.57 Å². The predicted octanol–water partition coefficient (Wildman–Crippen LogP) is 8.95. The molecule has 176 valence electrons. The van der Waals surface area contributed by atoms with E-state index in [2.05, 4.69) is 118 Å². The van der Waals surface area contributed by atoms with Gasteiger partial charge in [0.25, 0.3) is 0 Å². The molecule has 5 aromatic carbocycles. The Morgan fingerprint density at radius 2 is 1.09 bits per heavy atom. The molecule has 0 atom stereocenters. The van der Waals surface area contributed by atoms with Crippen molar-refractivity contribution in [2.24, 2.45) is 0 Å². The van der Waals surface area contributed by atoms with Crippen molar-refractivity contribution in [2.45, 2.75) is 45.9 Å². The van der Waals surface area contributed by atoms with E-state index in [0.717, 1.165) is 18.1 Å². The van der Waals surface area contributed by atoms with Crippen LogP contribution in [0.1, 0.15) is 41.2 Å². The third-order valence-electron chi connectivity index (χ3n) is 7.32. The second kappa shape index (κ2) is 9.84. The maximum atomic E-state index is 15.2. The van der Waals surface area contributed by atoms with Gasteiger partial charge in [-0.05, 0) is 69.6 Å². The van der Waals surface area contributed by atoms with Gasteiger partial charge in [-0.1, -0.05) is 110 Å². The third kappa shape index (κ3) is 4.71. The number of fused-ring (bicyclic) bond motifs is 2. The second-order valence-corrected chi connectivity index (χ2v) is 12.7. The van der Waals surface area contributed by atoms with E-state index in [-0.39, 0.29) is 0 Å². The van der Waals surface area contributed by atoms with Gasteiger partial charge >= 0.3 is 0 Å². The number of aryl methyl sites for hydroxylation is 3. The molecule has 0 bridgehead atoms. The second-order valence-electron chi connectivity index (χ2n) is 9.79. The van der Waals surface area contributed by atoms with E-state index in [4.69, 9.17) is 0 Å². The lowest BCUT2D eigenvalue weighted by molar-refractivity contribution is 0.580. The van der Waals surface area contributed by atoms with Crippen molar-refractivity contribution in [3.8, 4) is 0 Å². The van der Waals surface area contributed by atoms with Crippen molar-refractivity contribution in [1.29, 1.82) is 0 Å². The summed E-state index contributed by atoms with van der Waals surface area (Å²) in [5, 5.41) is 5.82. The van der Waals surface area contributed by atoms with Crippen molar-refractivity contribution >= 4 is 34.0 Å². The molecule has 0 saturated heterocycles. The maximum Gasteiger partial charge on any atom is 0.124 e. The monoisotopic (exact) mass is 476 g/mol. The van der Waals surface area contributed by atoms with E-state index in [1.807, 2.05) is 0 Å². The molecule has 0 aliphatic rings. The van der Waals surface area contributed by atoms with E-state index in [1.54, 1.807) is 0 Å². The van der Waals surface area contributed by atoms with Crippen LogP contribution in [0.2, 0.25) is 0 Å². The maximum absolute atomic E-state index is 15.2. The fourth-order valence-electron chi connectivity index (χ4n) is 5.28. The highest BCUT2D eigenvalue weighted by molar-refractivity contribution is 7.70. The number of hydrogen-bond donors (Lipinski definition) is 0. The van der Waals surface area contributed by atoms with Crippen LogP contribution in [0, 0.1) is 13.8 Å². The van der Waals surface area contributed by atoms with Crippen molar-refractivity contribution in [1.82, 2.24) is 0 Å². The smallest absolute Gasteiger partial charge is 0.124 e. The Morgan fingerprint density at radius 3 is 1.57 bits per heavy atom. The minimum absolute atomic E-state index is 0.565. The van der Waals surface area contributed by atoms with Crippen LogP contribution in [0.15, 0.2) is 97.1 Å². The van der Waals surface area contributed by atoms with Gasteiger partial charge in [-0.3, -0.25) is 0 Å². The number of benzene rings is 5. The van der Waals surface area contributed by atoms with E-state index < -0.39 is 7.14 Å². The van der Waals surface area contributed by atoms with Gasteiger partial charge in [-0.2, -0.15) is 0 Å². The molecule has 0 unspecified atom stereocenters. The summed E-state index contributed by atoms with van der Waals surface area (Å²) in [6.45, 7) is 6.50. The predicted molar refractivity (Wildman–Crippen MR) is 152 cm³/mol. The first kappa shape index (κ1) is 23.6. The minimum Gasteiger partial charge on any atom is -0.318 e. The third-order valence-corrected chi connectivity index (χ3v) is 10.2. The Bertz CT molecular complexity index is 1450. The molecule has 0 aliphatic carbocycles. The molecular formula is C33H33OP. The molecule has 2 heteroatoms.